The van der Waals surface area contributed by atoms with Crippen LogP contribution in [0.3, 0.4) is 0 Å². The van der Waals surface area contributed by atoms with E-state index in [0.29, 0.717) is 18.6 Å². The van der Waals surface area contributed by atoms with Crippen LogP contribution in [0.5, 0.6) is 11.5 Å². The largest absolute Gasteiger partial charge is 1.00 e. The average molecular weight is 321 g/mol. The summed E-state index contributed by atoms with van der Waals surface area (Å²) in [6, 6.07) is 3.97. The van der Waals surface area contributed by atoms with Gasteiger partial charge in [-0.15, -0.1) is 6.04 Å². The van der Waals surface area contributed by atoms with E-state index < -0.39 is 5.82 Å². The molecule has 112 valence electrons. The molecule has 4 nitrogen and oxygen atoms in total. The zero-order valence-corrected chi connectivity index (χ0v) is 16.2. The van der Waals surface area contributed by atoms with E-state index in [1.807, 2.05) is 13.8 Å². The van der Waals surface area contributed by atoms with E-state index in [-0.39, 0.29) is 81.7 Å². The van der Waals surface area contributed by atoms with Gasteiger partial charge in [-0.3, -0.25) is 4.79 Å². The Kier molecular flexibility index (Phi) is 10.7. The molecule has 0 unspecified atom stereocenters. The summed E-state index contributed by atoms with van der Waals surface area (Å²) in [6.45, 7) is 5.32. The summed E-state index contributed by atoms with van der Waals surface area (Å²) in [4.78, 5) is 10.8. The van der Waals surface area contributed by atoms with Crippen molar-refractivity contribution in [3.8, 4) is 11.5 Å². The van der Waals surface area contributed by atoms with Crippen LogP contribution < -0.4 is 60.9 Å². The fourth-order valence-corrected chi connectivity index (χ4v) is 1.73. The van der Waals surface area contributed by atoms with Crippen molar-refractivity contribution in [3.05, 3.63) is 29.7 Å². The minimum absolute atomic E-state index is 0. The molecule has 1 fully saturated rings. The molecule has 1 aliphatic rings. The molecule has 0 heterocycles. The number of hydrogen-bond acceptors (Lipinski definition) is 3. The van der Waals surface area contributed by atoms with Crippen molar-refractivity contribution in [3.63, 3.8) is 0 Å². The van der Waals surface area contributed by atoms with Gasteiger partial charge in [0.1, 0.15) is 23.9 Å². The number of rotatable bonds is 5. The quantitative estimate of drug-likeness (QED) is 0.753. The summed E-state index contributed by atoms with van der Waals surface area (Å²) in [6.07, 6.45) is 1.32. The summed E-state index contributed by atoms with van der Waals surface area (Å²) in [5, 5.41) is 0. The van der Waals surface area contributed by atoms with Gasteiger partial charge in [-0.05, 0) is 19.8 Å². The SMILES string of the molecule is CC.CC(=O)COc1cc(F)cc(OC2CC([NH-])C2)c1.[K+]. The van der Waals surface area contributed by atoms with Crippen molar-refractivity contribution in [1.82, 2.24) is 0 Å². The molecule has 0 aromatic heterocycles. The third-order valence-electron chi connectivity index (χ3n) is 2.68. The molecule has 6 heteroatoms. The Morgan fingerprint density at radius 1 is 1.29 bits per heavy atom. The second-order valence-corrected chi connectivity index (χ2v) is 4.52. The summed E-state index contributed by atoms with van der Waals surface area (Å²) in [7, 11) is 0. The zero-order valence-electron chi connectivity index (χ0n) is 13.1. The minimum Gasteiger partial charge on any atom is -0.674 e. The van der Waals surface area contributed by atoms with Gasteiger partial charge in [-0.25, -0.2) is 4.39 Å². The number of ketones is 1. The number of benzene rings is 1. The van der Waals surface area contributed by atoms with Crippen LogP contribution >= 0.6 is 0 Å². The van der Waals surface area contributed by atoms with Crippen molar-refractivity contribution in [2.24, 2.45) is 0 Å². The molecular weight excluding hydrogens is 300 g/mol. The topological polar surface area (TPSA) is 59.3 Å². The van der Waals surface area contributed by atoms with E-state index in [1.54, 1.807) is 6.07 Å². The molecule has 0 amide bonds. The molecule has 21 heavy (non-hydrogen) atoms. The second kappa shape index (κ2) is 10.7. The van der Waals surface area contributed by atoms with E-state index >= 15 is 0 Å². The summed E-state index contributed by atoms with van der Waals surface area (Å²) < 4.78 is 24.0. The van der Waals surface area contributed by atoms with Crippen molar-refractivity contribution in [1.29, 1.82) is 0 Å². The third kappa shape index (κ3) is 7.72. The van der Waals surface area contributed by atoms with Crippen molar-refractivity contribution in [2.45, 2.75) is 45.8 Å². The van der Waals surface area contributed by atoms with E-state index in [9.17, 15) is 9.18 Å². The number of carbonyl (C=O) groups is 1. The van der Waals surface area contributed by atoms with Gasteiger partial charge in [-0.2, -0.15) is 0 Å². The van der Waals surface area contributed by atoms with Gasteiger partial charge in [0.25, 0.3) is 0 Å². The van der Waals surface area contributed by atoms with Crippen molar-refractivity contribution < 1.29 is 70.0 Å². The van der Waals surface area contributed by atoms with E-state index in [4.69, 9.17) is 15.2 Å². The third-order valence-corrected chi connectivity index (χ3v) is 2.68. The predicted molar refractivity (Wildman–Crippen MR) is 75.7 cm³/mol. The fraction of sp³-hybridized carbons (Fsp3) is 0.533. The van der Waals surface area contributed by atoms with Crippen LogP contribution in [0.25, 0.3) is 5.73 Å². The molecule has 0 aliphatic heterocycles. The first-order valence-electron chi connectivity index (χ1n) is 6.83. The molecule has 0 bridgehead atoms. The molecular formula is C15H21FKNO3. The molecule has 0 saturated heterocycles. The Bertz CT molecular complexity index is 451. The first kappa shape index (κ1) is 21.0. The van der Waals surface area contributed by atoms with Crippen molar-refractivity contribution >= 4 is 5.78 Å². The molecule has 1 aliphatic carbocycles. The van der Waals surface area contributed by atoms with Gasteiger partial charge in [0.2, 0.25) is 0 Å². The maximum absolute atomic E-state index is 13.3. The van der Waals surface area contributed by atoms with Gasteiger partial charge >= 0.3 is 51.4 Å². The van der Waals surface area contributed by atoms with Crippen LogP contribution in [0, 0.1) is 5.82 Å². The first-order valence-corrected chi connectivity index (χ1v) is 6.83. The first-order chi connectivity index (χ1) is 9.52. The average Bonchev–Trinajstić information content (AvgIpc) is 2.36. The van der Waals surface area contributed by atoms with Crippen LogP contribution in [-0.4, -0.2) is 24.5 Å². The Morgan fingerprint density at radius 2 is 1.86 bits per heavy atom. The standard InChI is InChI=1S/C13H15FNO3.C2H6.K/c1-8(16)7-17-11-2-9(14)3-12(6-11)18-13-4-10(15)5-13;1-2;/h2-3,6,10,13,15H,4-5,7H2,1H3;1-2H3;/q-1;;+1. The fourth-order valence-electron chi connectivity index (χ4n) is 1.73. The van der Waals surface area contributed by atoms with Gasteiger partial charge in [0.05, 0.1) is 6.10 Å². The summed E-state index contributed by atoms with van der Waals surface area (Å²) in [5.41, 5.74) is 7.39. The van der Waals surface area contributed by atoms with Crippen LogP contribution in [0.15, 0.2) is 18.2 Å². The number of carbonyl (C=O) groups excluding carboxylic acids is 1. The van der Waals surface area contributed by atoms with Crippen LogP contribution in [0.4, 0.5) is 4.39 Å². The molecule has 1 N–H and O–H groups in total. The number of hydrogen-bond donors (Lipinski definition) is 0. The Morgan fingerprint density at radius 3 is 2.38 bits per heavy atom. The Hall–Kier alpha value is 0.0164. The molecule has 0 spiro atoms. The Balaban J connectivity index is 0.00000128. The maximum atomic E-state index is 13.3. The van der Waals surface area contributed by atoms with Crippen LogP contribution in [0.1, 0.15) is 33.6 Å². The van der Waals surface area contributed by atoms with Crippen LogP contribution in [-0.2, 0) is 4.79 Å². The predicted octanol–water partition coefficient (Wildman–Crippen LogP) is 0.786. The van der Waals surface area contributed by atoms with Crippen molar-refractivity contribution in [2.75, 3.05) is 6.61 Å². The number of Topliss-reactive ketones (excluding diaryl/α,β-unsaturated/α-hetero) is 1. The number of ether oxygens (including phenoxy) is 2. The second-order valence-electron chi connectivity index (χ2n) is 4.52. The van der Waals surface area contributed by atoms with Crippen LogP contribution in [0.2, 0.25) is 0 Å². The molecule has 0 radical (unpaired) electrons. The molecule has 0 atom stereocenters. The zero-order chi connectivity index (χ0) is 15.1. The maximum Gasteiger partial charge on any atom is 1.00 e. The smallest absolute Gasteiger partial charge is 0.674 e. The minimum atomic E-state index is -0.465. The number of halogens is 1. The van der Waals surface area contributed by atoms with Gasteiger partial charge in [0, 0.05) is 18.2 Å². The van der Waals surface area contributed by atoms with Gasteiger partial charge in [0.15, 0.2) is 5.78 Å². The van der Waals surface area contributed by atoms with E-state index in [1.165, 1.54) is 19.1 Å². The number of nitrogens with one attached hydrogen (secondary N) is 1. The summed E-state index contributed by atoms with van der Waals surface area (Å²) in [5.74, 6) is 0.0676. The Labute approximate surface area is 168 Å². The van der Waals surface area contributed by atoms with Gasteiger partial charge in [-0.1, -0.05) is 13.8 Å². The molecule has 1 aromatic rings. The molecule has 1 aromatic carbocycles. The monoisotopic (exact) mass is 321 g/mol. The summed E-state index contributed by atoms with van der Waals surface area (Å²) >= 11 is 0. The molecule has 2 rings (SSSR count). The van der Waals surface area contributed by atoms with E-state index in [0.717, 1.165) is 0 Å². The molecule has 1 saturated carbocycles. The normalized spacial score (nSPS) is 19.3. The van der Waals surface area contributed by atoms with Gasteiger partial charge < -0.3 is 15.2 Å². The van der Waals surface area contributed by atoms with E-state index in [2.05, 4.69) is 0 Å².